The lowest BCUT2D eigenvalue weighted by Crippen LogP contribution is -2.34. The van der Waals surface area contributed by atoms with Gasteiger partial charge in [-0.15, -0.1) is 0 Å². The molecule has 8 heteroatoms. The van der Waals surface area contributed by atoms with Gasteiger partial charge in [-0.25, -0.2) is 18.7 Å². The third-order valence-electron chi connectivity index (χ3n) is 4.64. The average molecular weight is 391 g/mol. The monoisotopic (exact) mass is 391 g/mol. The number of anilines is 1. The molecule has 0 aliphatic rings. The van der Waals surface area contributed by atoms with Crippen LogP contribution < -0.4 is 16.6 Å². The van der Waals surface area contributed by atoms with Crippen molar-refractivity contribution in [2.24, 2.45) is 0 Å². The Kier molecular flexibility index (Phi) is 4.67. The first kappa shape index (κ1) is 18.5. The number of hydrogen-bond acceptors (Lipinski definition) is 5. The van der Waals surface area contributed by atoms with Gasteiger partial charge in [-0.3, -0.25) is 9.78 Å². The first-order valence-electron chi connectivity index (χ1n) is 9.01. The molecule has 0 saturated heterocycles. The maximum atomic E-state index is 13.7. The maximum absolute atomic E-state index is 13.7. The minimum atomic E-state index is -0.590. The summed E-state index contributed by atoms with van der Waals surface area (Å²) in [5, 5.41) is 3.08. The smallest absolute Gasteiger partial charge is 0.334 e. The van der Waals surface area contributed by atoms with Crippen LogP contribution in [0.15, 0.2) is 58.3 Å². The summed E-state index contributed by atoms with van der Waals surface area (Å²) in [7, 11) is 0. The van der Waals surface area contributed by atoms with Crippen molar-refractivity contribution in [3.8, 4) is 5.69 Å². The van der Waals surface area contributed by atoms with Crippen molar-refractivity contribution in [1.82, 2.24) is 19.5 Å². The molecule has 146 valence electrons. The second-order valence-electron chi connectivity index (χ2n) is 6.76. The molecule has 29 heavy (non-hydrogen) atoms. The number of nitrogens with zero attached hydrogens (tertiary/aromatic N) is 3. The van der Waals surface area contributed by atoms with Crippen LogP contribution in [0.4, 0.5) is 10.3 Å². The standard InChI is InChI=1S/C21H18FN5O2/c1-12-7-8-17(13(2)9-12)27-19(28)15-11-24-20(25-18(15)26-21(27)29)23-10-14-5-3-4-6-16(14)22/h3-9,11H,10H2,1-2H3,(H2,23,24,25,26,29). The van der Waals surface area contributed by atoms with Crippen LogP contribution in [-0.2, 0) is 6.54 Å². The number of halogens is 1. The fourth-order valence-electron chi connectivity index (χ4n) is 3.18. The molecule has 7 nitrogen and oxygen atoms in total. The second-order valence-corrected chi connectivity index (χ2v) is 6.76. The number of benzene rings is 2. The number of aromatic amines is 1. The highest BCUT2D eigenvalue weighted by atomic mass is 19.1. The fraction of sp³-hybridized carbons (Fsp3) is 0.143. The van der Waals surface area contributed by atoms with Gasteiger partial charge in [0.15, 0.2) is 5.65 Å². The van der Waals surface area contributed by atoms with Crippen molar-refractivity contribution in [2.45, 2.75) is 20.4 Å². The van der Waals surface area contributed by atoms with E-state index in [1.54, 1.807) is 24.3 Å². The van der Waals surface area contributed by atoms with E-state index in [0.29, 0.717) is 11.3 Å². The topological polar surface area (TPSA) is 92.7 Å². The highest BCUT2D eigenvalue weighted by molar-refractivity contribution is 5.73. The van der Waals surface area contributed by atoms with Gasteiger partial charge in [0.2, 0.25) is 5.95 Å². The van der Waals surface area contributed by atoms with E-state index in [-0.39, 0.29) is 29.3 Å². The molecular weight excluding hydrogens is 373 g/mol. The molecule has 2 heterocycles. The van der Waals surface area contributed by atoms with Gasteiger partial charge in [0.05, 0.1) is 5.69 Å². The Morgan fingerprint density at radius 3 is 2.69 bits per heavy atom. The molecule has 0 aliphatic heterocycles. The van der Waals surface area contributed by atoms with Gasteiger partial charge in [-0.2, -0.15) is 4.98 Å². The Bertz CT molecular complexity index is 1340. The van der Waals surface area contributed by atoms with Crippen LogP contribution in [0.25, 0.3) is 16.7 Å². The molecule has 0 radical (unpaired) electrons. The van der Waals surface area contributed by atoms with Gasteiger partial charge < -0.3 is 5.32 Å². The molecule has 2 aromatic carbocycles. The number of fused-ring (bicyclic) bond motifs is 1. The Balaban J connectivity index is 1.73. The van der Waals surface area contributed by atoms with Crippen LogP contribution in [0, 0.1) is 19.7 Å². The zero-order valence-electron chi connectivity index (χ0n) is 15.9. The first-order chi connectivity index (χ1) is 13.9. The first-order valence-corrected chi connectivity index (χ1v) is 9.01. The third-order valence-corrected chi connectivity index (χ3v) is 4.64. The van der Waals surface area contributed by atoms with E-state index in [1.165, 1.54) is 12.3 Å². The zero-order chi connectivity index (χ0) is 20.5. The Morgan fingerprint density at radius 2 is 1.93 bits per heavy atom. The van der Waals surface area contributed by atoms with Gasteiger partial charge in [0.1, 0.15) is 11.2 Å². The number of hydrogen-bond donors (Lipinski definition) is 2. The Hall–Kier alpha value is -3.81. The van der Waals surface area contributed by atoms with Crippen LogP contribution >= 0.6 is 0 Å². The molecular formula is C21H18FN5O2. The van der Waals surface area contributed by atoms with Crippen molar-refractivity contribution in [1.29, 1.82) is 0 Å². The Labute approximate surface area is 164 Å². The molecule has 0 bridgehead atoms. The summed E-state index contributed by atoms with van der Waals surface area (Å²) < 4.78 is 14.8. The number of aromatic nitrogens is 4. The van der Waals surface area contributed by atoms with Gasteiger partial charge in [0.25, 0.3) is 5.56 Å². The SMILES string of the molecule is Cc1ccc(-n2c(=O)[nH]c3nc(NCc4ccccc4F)ncc3c2=O)c(C)c1. The van der Waals surface area contributed by atoms with E-state index < -0.39 is 11.2 Å². The van der Waals surface area contributed by atoms with Crippen molar-refractivity contribution in [3.05, 3.63) is 92.0 Å². The molecule has 0 fully saturated rings. The highest BCUT2D eigenvalue weighted by Crippen LogP contribution is 2.14. The quantitative estimate of drug-likeness (QED) is 0.558. The van der Waals surface area contributed by atoms with Gasteiger partial charge in [-0.1, -0.05) is 35.9 Å². The van der Waals surface area contributed by atoms with Crippen molar-refractivity contribution in [2.75, 3.05) is 5.32 Å². The number of H-pyrrole nitrogens is 1. The molecule has 0 saturated carbocycles. The summed E-state index contributed by atoms with van der Waals surface area (Å²) in [5.74, 6) is -0.161. The van der Waals surface area contributed by atoms with Gasteiger partial charge in [-0.05, 0) is 31.5 Å². The van der Waals surface area contributed by atoms with Crippen molar-refractivity contribution >= 4 is 17.0 Å². The van der Waals surface area contributed by atoms with E-state index in [2.05, 4.69) is 20.3 Å². The predicted octanol–water partition coefficient (Wildman–Crippen LogP) is 2.84. The normalized spacial score (nSPS) is 11.0. The molecule has 0 spiro atoms. The van der Waals surface area contributed by atoms with Crippen molar-refractivity contribution in [3.63, 3.8) is 0 Å². The molecule has 2 aromatic heterocycles. The summed E-state index contributed by atoms with van der Waals surface area (Å²) >= 11 is 0. The minimum absolute atomic E-state index is 0.118. The predicted molar refractivity (Wildman–Crippen MR) is 109 cm³/mol. The minimum Gasteiger partial charge on any atom is -0.350 e. The highest BCUT2D eigenvalue weighted by Gasteiger charge is 2.13. The van der Waals surface area contributed by atoms with E-state index in [1.807, 2.05) is 26.0 Å². The number of rotatable bonds is 4. The summed E-state index contributed by atoms with van der Waals surface area (Å²) in [5.41, 5.74) is 1.82. The van der Waals surface area contributed by atoms with E-state index >= 15 is 0 Å². The summed E-state index contributed by atoms with van der Waals surface area (Å²) in [4.78, 5) is 36.5. The third kappa shape index (κ3) is 3.52. The lowest BCUT2D eigenvalue weighted by Gasteiger charge is -2.10. The molecule has 0 unspecified atom stereocenters. The van der Waals surface area contributed by atoms with Crippen LogP contribution in [0.3, 0.4) is 0 Å². The van der Waals surface area contributed by atoms with Crippen LogP contribution in [-0.4, -0.2) is 19.5 Å². The average Bonchev–Trinajstić information content (AvgIpc) is 2.68. The zero-order valence-corrected chi connectivity index (χ0v) is 15.9. The maximum Gasteiger partial charge on any atom is 0.334 e. The van der Waals surface area contributed by atoms with E-state index in [0.717, 1.165) is 15.7 Å². The molecule has 4 aromatic rings. The molecule has 0 atom stereocenters. The van der Waals surface area contributed by atoms with Gasteiger partial charge in [0, 0.05) is 18.3 Å². The van der Waals surface area contributed by atoms with Crippen LogP contribution in [0.2, 0.25) is 0 Å². The fourth-order valence-corrected chi connectivity index (χ4v) is 3.18. The van der Waals surface area contributed by atoms with Crippen molar-refractivity contribution < 1.29 is 4.39 Å². The summed E-state index contributed by atoms with van der Waals surface area (Å²) in [6.07, 6.45) is 1.35. The summed E-state index contributed by atoms with van der Waals surface area (Å²) in [6.45, 7) is 3.94. The second kappa shape index (κ2) is 7.31. The molecule has 0 aliphatic carbocycles. The Morgan fingerprint density at radius 1 is 1.14 bits per heavy atom. The molecule has 0 amide bonds. The molecule has 2 N–H and O–H groups in total. The van der Waals surface area contributed by atoms with Crippen LogP contribution in [0.1, 0.15) is 16.7 Å². The van der Waals surface area contributed by atoms with E-state index in [4.69, 9.17) is 0 Å². The lowest BCUT2D eigenvalue weighted by molar-refractivity contribution is 0.612. The number of nitrogens with one attached hydrogen (secondary N) is 2. The largest absolute Gasteiger partial charge is 0.350 e. The van der Waals surface area contributed by atoms with Gasteiger partial charge >= 0.3 is 5.69 Å². The summed E-state index contributed by atoms with van der Waals surface area (Å²) in [6, 6.07) is 11.8. The van der Waals surface area contributed by atoms with Crippen LogP contribution in [0.5, 0.6) is 0 Å². The molecule has 4 rings (SSSR count). The van der Waals surface area contributed by atoms with E-state index in [9.17, 15) is 14.0 Å². The lowest BCUT2D eigenvalue weighted by atomic mass is 10.1. The number of aryl methyl sites for hydroxylation is 2.